The molecule has 1 aromatic carbocycles. The zero-order valence-corrected chi connectivity index (χ0v) is 14.0. The zero-order valence-electron chi connectivity index (χ0n) is 14.0. The van der Waals surface area contributed by atoms with Gasteiger partial charge >= 0.3 is 0 Å². The van der Waals surface area contributed by atoms with Gasteiger partial charge in [0.25, 0.3) is 0 Å². The Balaban J connectivity index is 1.59. The molecule has 1 saturated carbocycles. The maximum atomic E-state index is 10.3. The number of nitrogens with zero attached hydrogens (tertiary/aromatic N) is 3. The van der Waals surface area contributed by atoms with E-state index in [1.165, 1.54) is 17.5 Å². The van der Waals surface area contributed by atoms with Crippen molar-refractivity contribution in [2.45, 2.75) is 52.2 Å². The van der Waals surface area contributed by atoms with Crippen LogP contribution in [0.4, 0.5) is 0 Å². The lowest BCUT2D eigenvalue weighted by Crippen LogP contribution is -2.43. The summed E-state index contributed by atoms with van der Waals surface area (Å²) in [7, 11) is 0. The molecular formula is C18H26N4O. The van der Waals surface area contributed by atoms with Crippen molar-refractivity contribution in [2.75, 3.05) is 6.54 Å². The van der Waals surface area contributed by atoms with Gasteiger partial charge in [-0.25, -0.2) is 9.67 Å². The lowest BCUT2D eigenvalue weighted by Gasteiger charge is -2.38. The number of hydrogen-bond acceptors (Lipinski definition) is 4. The Morgan fingerprint density at radius 2 is 2.26 bits per heavy atom. The van der Waals surface area contributed by atoms with Crippen molar-refractivity contribution in [2.24, 2.45) is 5.41 Å². The van der Waals surface area contributed by atoms with E-state index in [2.05, 4.69) is 47.4 Å². The molecule has 5 heteroatoms. The molecule has 0 amide bonds. The summed E-state index contributed by atoms with van der Waals surface area (Å²) in [6, 6.07) is 6.39. The third kappa shape index (κ3) is 3.62. The first-order valence-corrected chi connectivity index (χ1v) is 8.42. The molecule has 1 fully saturated rings. The van der Waals surface area contributed by atoms with E-state index < -0.39 is 0 Å². The molecule has 1 aromatic heterocycles. The summed E-state index contributed by atoms with van der Waals surface area (Å²) in [6.07, 6.45) is 7.49. The van der Waals surface area contributed by atoms with Crippen LogP contribution in [0, 0.1) is 12.3 Å². The number of aromatic nitrogens is 3. The molecule has 2 unspecified atom stereocenters. The van der Waals surface area contributed by atoms with Crippen molar-refractivity contribution < 1.29 is 5.11 Å². The first kappa shape index (κ1) is 16.1. The lowest BCUT2D eigenvalue weighted by atomic mass is 9.73. The highest BCUT2D eigenvalue weighted by Crippen LogP contribution is 2.35. The smallest absolute Gasteiger partial charge is 0.138 e. The van der Waals surface area contributed by atoms with E-state index in [1.807, 2.05) is 0 Å². The normalized spacial score (nSPS) is 24.7. The molecule has 1 heterocycles. The summed E-state index contributed by atoms with van der Waals surface area (Å²) in [5, 5.41) is 18.0. The predicted octanol–water partition coefficient (Wildman–Crippen LogP) is 2.61. The summed E-state index contributed by atoms with van der Waals surface area (Å²) in [4.78, 5) is 3.99. The van der Waals surface area contributed by atoms with Gasteiger partial charge < -0.3 is 10.4 Å². The van der Waals surface area contributed by atoms with E-state index in [9.17, 15) is 5.11 Å². The standard InChI is InChI=1S/C18H26N4O/c1-14-9-15(6-7-16(14)22-13-20-12-21-22)10-19-11-18(2)8-4-3-5-17(18)23/h6-7,9,12-13,17,19,23H,3-5,8,10-11H2,1-2H3. The molecule has 0 spiro atoms. The number of benzene rings is 1. The minimum atomic E-state index is -0.180. The average molecular weight is 314 g/mol. The largest absolute Gasteiger partial charge is 0.393 e. The fraction of sp³-hybridized carbons (Fsp3) is 0.556. The Kier molecular flexibility index (Phi) is 4.78. The van der Waals surface area contributed by atoms with E-state index in [0.717, 1.165) is 38.0 Å². The van der Waals surface area contributed by atoms with Crippen LogP contribution in [-0.2, 0) is 6.54 Å². The van der Waals surface area contributed by atoms with Gasteiger partial charge in [-0.3, -0.25) is 0 Å². The number of aliphatic hydroxyl groups is 1. The van der Waals surface area contributed by atoms with Crippen molar-refractivity contribution in [3.05, 3.63) is 42.0 Å². The summed E-state index contributed by atoms with van der Waals surface area (Å²) in [6.45, 7) is 5.97. The molecule has 0 saturated heterocycles. The fourth-order valence-corrected chi connectivity index (χ4v) is 3.50. The van der Waals surface area contributed by atoms with Crippen LogP contribution >= 0.6 is 0 Å². The minimum absolute atomic E-state index is 0.00790. The second kappa shape index (κ2) is 6.81. The van der Waals surface area contributed by atoms with Crippen LogP contribution in [0.3, 0.4) is 0 Å². The van der Waals surface area contributed by atoms with Crippen LogP contribution in [0.5, 0.6) is 0 Å². The number of rotatable bonds is 5. The van der Waals surface area contributed by atoms with Crippen molar-refractivity contribution in [3.8, 4) is 5.69 Å². The Morgan fingerprint density at radius 3 is 2.96 bits per heavy atom. The lowest BCUT2D eigenvalue weighted by molar-refractivity contribution is 0.00115. The van der Waals surface area contributed by atoms with E-state index in [1.54, 1.807) is 17.3 Å². The first-order valence-electron chi connectivity index (χ1n) is 8.42. The Hall–Kier alpha value is -1.72. The third-order valence-corrected chi connectivity index (χ3v) is 5.06. The van der Waals surface area contributed by atoms with Gasteiger partial charge in [-0.2, -0.15) is 5.10 Å². The molecule has 1 aliphatic rings. The fourth-order valence-electron chi connectivity index (χ4n) is 3.50. The molecule has 124 valence electrons. The van der Waals surface area contributed by atoms with E-state index in [4.69, 9.17) is 0 Å². The third-order valence-electron chi connectivity index (χ3n) is 5.06. The number of nitrogens with one attached hydrogen (secondary N) is 1. The van der Waals surface area contributed by atoms with Crippen molar-refractivity contribution in [1.29, 1.82) is 0 Å². The Bertz CT molecular complexity index is 640. The molecule has 2 N–H and O–H groups in total. The van der Waals surface area contributed by atoms with E-state index in [-0.39, 0.29) is 11.5 Å². The molecule has 2 atom stereocenters. The molecule has 1 aliphatic carbocycles. The van der Waals surface area contributed by atoms with Gasteiger partial charge in [-0.05, 0) is 37.0 Å². The highest BCUT2D eigenvalue weighted by molar-refractivity contribution is 5.41. The molecular weight excluding hydrogens is 288 g/mol. The first-order chi connectivity index (χ1) is 11.1. The van der Waals surface area contributed by atoms with Gasteiger partial charge in [-0.15, -0.1) is 0 Å². The molecule has 0 aliphatic heterocycles. The maximum Gasteiger partial charge on any atom is 0.138 e. The number of aliphatic hydroxyl groups excluding tert-OH is 1. The van der Waals surface area contributed by atoms with Gasteiger partial charge in [0.2, 0.25) is 0 Å². The van der Waals surface area contributed by atoms with Crippen LogP contribution in [0.15, 0.2) is 30.9 Å². The van der Waals surface area contributed by atoms with Gasteiger partial charge in [0, 0.05) is 18.5 Å². The SMILES string of the molecule is Cc1cc(CNCC2(C)CCCCC2O)ccc1-n1cncn1. The molecule has 0 bridgehead atoms. The summed E-state index contributed by atoms with van der Waals surface area (Å²) in [5.41, 5.74) is 3.49. The van der Waals surface area contributed by atoms with E-state index >= 15 is 0 Å². The van der Waals surface area contributed by atoms with Crippen molar-refractivity contribution >= 4 is 0 Å². The summed E-state index contributed by atoms with van der Waals surface area (Å²) >= 11 is 0. The molecule has 0 radical (unpaired) electrons. The van der Waals surface area contributed by atoms with Gasteiger partial charge in [0.15, 0.2) is 0 Å². The van der Waals surface area contributed by atoms with Crippen LogP contribution in [0.2, 0.25) is 0 Å². The summed E-state index contributed by atoms with van der Waals surface area (Å²) < 4.78 is 1.78. The summed E-state index contributed by atoms with van der Waals surface area (Å²) in [5.74, 6) is 0. The Morgan fingerprint density at radius 1 is 1.39 bits per heavy atom. The topological polar surface area (TPSA) is 63.0 Å². The van der Waals surface area contributed by atoms with Gasteiger partial charge in [0.1, 0.15) is 12.7 Å². The number of aryl methyl sites for hydroxylation is 1. The molecule has 2 aromatic rings. The maximum absolute atomic E-state index is 10.3. The quantitative estimate of drug-likeness (QED) is 0.890. The van der Waals surface area contributed by atoms with E-state index in [0.29, 0.717) is 0 Å². The monoisotopic (exact) mass is 314 g/mol. The van der Waals surface area contributed by atoms with Crippen LogP contribution in [0.25, 0.3) is 5.69 Å². The van der Waals surface area contributed by atoms with Crippen molar-refractivity contribution in [1.82, 2.24) is 20.1 Å². The second-order valence-corrected chi connectivity index (χ2v) is 6.98. The average Bonchev–Trinajstić information content (AvgIpc) is 3.05. The molecule has 3 rings (SSSR count). The highest BCUT2D eigenvalue weighted by Gasteiger charge is 2.34. The van der Waals surface area contributed by atoms with Crippen LogP contribution in [0.1, 0.15) is 43.7 Å². The zero-order chi connectivity index (χ0) is 16.3. The minimum Gasteiger partial charge on any atom is -0.393 e. The van der Waals surface area contributed by atoms with Gasteiger partial charge in [0.05, 0.1) is 11.8 Å². The Labute approximate surface area is 137 Å². The molecule has 23 heavy (non-hydrogen) atoms. The van der Waals surface area contributed by atoms with Gasteiger partial charge in [-0.1, -0.05) is 31.9 Å². The number of hydrogen-bond donors (Lipinski definition) is 2. The van der Waals surface area contributed by atoms with Crippen LogP contribution < -0.4 is 5.32 Å². The van der Waals surface area contributed by atoms with Crippen LogP contribution in [-0.4, -0.2) is 32.5 Å². The molecule has 5 nitrogen and oxygen atoms in total. The van der Waals surface area contributed by atoms with Crippen molar-refractivity contribution in [3.63, 3.8) is 0 Å². The highest BCUT2D eigenvalue weighted by atomic mass is 16.3. The second-order valence-electron chi connectivity index (χ2n) is 6.98. The predicted molar refractivity (Wildman–Crippen MR) is 90.4 cm³/mol.